The Hall–Kier alpha value is -2.82. The number of carbonyl (C=O) groups excluding carboxylic acids is 2. The molecule has 2 aromatic rings. The predicted octanol–water partition coefficient (Wildman–Crippen LogP) is 4.14. The average molecular weight is 368 g/mol. The molecule has 2 amide bonds. The summed E-state index contributed by atoms with van der Waals surface area (Å²) in [7, 11) is 0. The first kappa shape index (κ1) is 20.5. The smallest absolute Gasteiger partial charge is 0.251 e. The van der Waals surface area contributed by atoms with Crippen LogP contribution in [0.3, 0.4) is 0 Å². The molecule has 5 nitrogen and oxygen atoms in total. The SMILES string of the molecule is CC(C)Oc1ccccc1NC(=O)CNC(=O)c1ccc(C(C)(C)C)cc1. The second-order valence-corrected chi connectivity index (χ2v) is 7.72. The van der Waals surface area contributed by atoms with Crippen molar-refractivity contribution in [2.75, 3.05) is 11.9 Å². The summed E-state index contributed by atoms with van der Waals surface area (Å²) in [6, 6.07) is 14.7. The van der Waals surface area contributed by atoms with Gasteiger partial charge in [0.1, 0.15) is 5.75 Å². The van der Waals surface area contributed by atoms with E-state index in [1.165, 1.54) is 0 Å². The fourth-order valence-electron chi connectivity index (χ4n) is 2.51. The summed E-state index contributed by atoms with van der Waals surface area (Å²) >= 11 is 0. The van der Waals surface area contributed by atoms with Crippen LogP contribution < -0.4 is 15.4 Å². The zero-order valence-corrected chi connectivity index (χ0v) is 16.6. The van der Waals surface area contributed by atoms with Gasteiger partial charge < -0.3 is 15.4 Å². The van der Waals surface area contributed by atoms with Gasteiger partial charge in [0.15, 0.2) is 0 Å². The number of hydrogen-bond donors (Lipinski definition) is 2. The van der Waals surface area contributed by atoms with Crippen molar-refractivity contribution in [1.82, 2.24) is 5.32 Å². The van der Waals surface area contributed by atoms with Gasteiger partial charge in [-0.2, -0.15) is 0 Å². The van der Waals surface area contributed by atoms with E-state index in [-0.39, 0.29) is 29.9 Å². The van der Waals surface area contributed by atoms with E-state index in [0.717, 1.165) is 5.56 Å². The van der Waals surface area contributed by atoms with Gasteiger partial charge in [0, 0.05) is 5.56 Å². The third kappa shape index (κ3) is 6.13. The molecule has 0 unspecified atom stereocenters. The molecule has 0 atom stereocenters. The Balaban J connectivity index is 1.93. The van der Waals surface area contributed by atoms with Crippen LogP contribution in [0, 0.1) is 0 Å². The van der Waals surface area contributed by atoms with Crippen LogP contribution >= 0.6 is 0 Å². The maximum Gasteiger partial charge on any atom is 0.251 e. The minimum atomic E-state index is -0.311. The molecular weight excluding hydrogens is 340 g/mol. The number of anilines is 1. The molecule has 0 aromatic heterocycles. The molecule has 144 valence electrons. The van der Waals surface area contributed by atoms with Crippen LogP contribution in [0.2, 0.25) is 0 Å². The molecular formula is C22H28N2O3. The molecule has 0 bridgehead atoms. The van der Waals surface area contributed by atoms with Gasteiger partial charge in [-0.1, -0.05) is 45.0 Å². The predicted molar refractivity (Wildman–Crippen MR) is 108 cm³/mol. The molecule has 0 aliphatic rings. The Labute approximate surface area is 161 Å². The highest BCUT2D eigenvalue weighted by Crippen LogP contribution is 2.25. The fourth-order valence-corrected chi connectivity index (χ4v) is 2.51. The minimum absolute atomic E-state index is 0.00109. The first-order valence-corrected chi connectivity index (χ1v) is 9.11. The van der Waals surface area contributed by atoms with Crippen LogP contribution in [0.25, 0.3) is 0 Å². The fraction of sp³-hybridized carbons (Fsp3) is 0.364. The van der Waals surface area contributed by atoms with Gasteiger partial charge in [0.25, 0.3) is 5.91 Å². The quantitative estimate of drug-likeness (QED) is 0.805. The summed E-state index contributed by atoms with van der Waals surface area (Å²) in [5.41, 5.74) is 2.29. The molecule has 0 saturated carbocycles. The van der Waals surface area contributed by atoms with E-state index >= 15 is 0 Å². The van der Waals surface area contributed by atoms with Gasteiger partial charge in [-0.05, 0) is 49.1 Å². The second kappa shape index (κ2) is 8.71. The minimum Gasteiger partial charge on any atom is -0.489 e. The molecule has 0 aliphatic carbocycles. The Morgan fingerprint density at radius 1 is 1.00 bits per heavy atom. The molecule has 0 saturated heterocycles. The maximum atomic E-state index is 12.3. The highest BCUT2D eigenvalue weighted by Gasteiger charge is 2.15. The van der Waals surface area contributed by atoms with Crippen LogP contribution in [-0.2, 0) is 10.2 Å². The van der Waals surface area contributed by atoms with Crippen LogP contribution in [0.15, 0.2) is 48.5 Å². The van der Waals surface area contributed by atoms with Crippen molar-refractivity contribution < 1.29 is 14.3 Å². The summed E-state index contributed by atoms with van der Waals surface area (Å²) in [5.74, 6) is 0.0109. The van der Waals surface area contributed by atoms with E-state index in [9.17, 15) is 9.59 Å². The van der Waals surface area contributed by atoms with E-state index in [1.54, 1.807) is 24.3 Å². The molecule has 0 fully saturated rings. The molecule has 0 radical (unpaired) electrons. The molecule has 0 heterocycles. The number of para-hydroxylation sites is 2. The summed E-state index contributed by atoms with van der Waals surface area (Å²) in [5, 5.41) is 5.42. The second-order valence-electron chi connectivity index (χ2n) is 7.72. The third-order valence-corrected chi connectivity index (χ3v) is 3.95. The summed E-state index contributed by atoms with van der Waals surface area (Å²) < 4.78 is 5.68. The van der Waals surface area contributed by atoms with Gasteiger partial charge in [-0.25, -0.2) is 0 Å². The van der Waals surface area contributed by atoms with Crippen molar-refractivity contribution in [3.05, 3.63) is 59.7 Å². The van der Waals surface area contributed by atoms with Crippen molar-refractivity contribution >= 4 is 17.5 Å². The van der Waals surface area contributed by atoms with Crippen LogP contribution in [0.4, 0.5) is 5.69 Å². The number of hydrogen-bond acceptors (Lipinski definition) is 3. The van der Waals surface area contributed by atoms with E-state index in [2.05, 4.69) is 31.4 Å². The van der Waals surface area contributed by atoms with Crippen molar-refractivity contribution in [3.8, 4) is 5.75 Å². The summed E-state index contributed by atoms with van der Waals surface area (Å²) in [4.78, 5) is 24.4. The third-order valence-electron chi connectivity index (χ3n) is 3.95. The Bertz CT molecular complexity index is 790. The molecule has 2 aromatic carbocycles. The van der Waals surface area contributed by atoms with E-state index < -0.39 is 0 Å². The standard InChI is InChI=1S/C22H28N2O3/c1-15(2)27-19-9-7-6-8-18(19)24-20(25)14-23-21(26)16-10-12-17(13-11-16)22(3,4)5/h6-13,15H,14H2,1-5H3,(H,23,26)(H,24,25). The van der Waals surface area contributed by atoms with Crippen LogP contribution in [-0.4, -0.2) is 24.5 Å². The number of amides is 2. The molecule has 27 heavy (non-hydrogen) atoms. The number of carbonyl (C=O) groups is 2. The van der Waals surface area contributed by atoms with Crippen molar-refractivity contribution in [2.45, 2.75) is 46.1 Å². The highest BCUT2D eigenvalue weighted by atomic mass is 16.5. The topological polar surface area (TPSA) is 67.4 Å². The number of rotatable bonds is 6. The molecule has 0 spiro atoms. The molecule has 2 N–H and O–H groups in total. The monoisotopic (exact) mass is 368 g/mol. The van der Waals surface area contributed by atoms with Crippen LogP contribution in [0.1, 0.15) is 50.5 Å². The van der Waals surface area contributed by atoms with Gasteiger partial charge in [0.05, 0.1) is 18.3 Å². The van der Waals surface area contributed by atoms with E-state index in [4.69, 9.17) is 4.74 Å². The van der Waals surface area contributed by atoms with Crippen molar-refractivity contribution in [2.24, 2.45) is 0 Å². The molecule has 5 heteroatoms. The van der Waals surface area contributed by atoms with Gasteiger partial charge in [-0.3, -0.25) is 9.59 Å². The lowest BCUT2D eigenvalue weighted by Gasteiger charge is -2.19. The lowest BCUT2D eigenvalue weighted by molar-refractivity contribution is -0.115. The summed E-state index contributed by atoms with van der Waals surface area (Å²) in [6.07, 6.45) is -0.00109. The molecule has 2 rings (SSSR count). The number of benzene rings is 2. The first-order valence-electron chi connectivity index (χ1n) is 9.11. The Kier molecular flexibility index (Phi) is 6.61. The zero-order valence-electron chi connectivity index (χ0n) is 16.6. The zero-order chi connectivity index (χ0) is 20.0. The first-order chi connectivity index (χ1) is 12.7. The Morgan fingerprint density at radius 3 is 2.22 bits per heavy atom. The highest BCUT2D eigenvalue weighted by molar-refractivity contribution is 5.99. The number of ether oxygens (including phenoxy) is 1. The van der Waals surface area contributed by atoms with Crippen LogP contribution in [0.5, 0.6) is 5.75 Å². The molecule has 0 aliphatic heterocycles. The van der Waals surface area contributed by atoms with Crippen molar-refractivity contribution in [3.63, 3.8) is 0 Å². The normalized spacial score (nSPS) is 11.2. The van der Waals surface area contributed by atoms with E-state index in [0.29, 0.717) is 17.0 Å². The lowest BCUT2D eigenvalue weighted by Crippen LogP contribution is -2.33. The van der Waals surface area contributed by atoms with Gasteiger partial charge >= 0.3 is 0 Å². The maximum absolute atomic E-state index is 12.3. The van der Waals surface area contributed by atoms with Crippen molar-refractivity contribution in [1.29, 1.82) is 0 Å². The van der Waals surface area contributed by atoms with E-state index in [1.807, 2.05) is 38.1 Å². The number of nitrogens with one attached hydrogen (secondary N) is 2. The average Bonchev–Trinajstić information content (AvgIpc) is 2.60. The van der Waals surface area contributed by atoms with Gasteiger partial charge in [0.2, 0.25) is 5.91 Å². The largest absolute Gasteiger partial charge is 0.489 e. The Morgan fingerprint density at radius 2 is 1.63 bits per heavy atom. The summed E-state index contributed by atoms with van der Waals surface area (Å²) in [6.45, 7) is 10.1. The lowest BCUT2D eigenvalue weighted by atomic mass is 9.87. The van der Waals surface area contributed by atoms with Gasteiger partial charge in [-0.15, -0.1) is 0 Å².